The molecule has 10 nitrogen and oxygen atoms in total. The van der Waals surface area contributed by atoms with E-state index in [4.69, 9.17) is 4.74 Å². The molecule has 0 aromatic heterocycles. The second-order valence-electron chi connectivity index (χ2n) is 11.8. The van der Waals surface area contributed by atoms with E-state index in [1.54, 1.807) is 21.9 Å². The first kappa shape index (κ1) is 31.6. The Morgan fingerprint density at radius 2 is 1.63 bits per heavy atom. The van der Waals surface area contributed by atoms with Crippen molar-refractivity contribution in [1.29, 1.82) is 0 Å². The fraction of sp³-hybridized carbons (Fsp3) is 0.516. The summed E-state index contributed by atoms with van der Waals surface area (Å²) < 4.78 is 6.94. The summed E-state index contributed by atoms with van der Waals surface area (Å²) in [6.45, 7) is 2.70. The topological polar surface area (TPSA) is 106 Å². The number of anilines is 1. The molecule has 1 atom stereocenters. The van der Waals surface area contributed by atoms with Crippen LogP contribution in [0.1, 0.15) is 36.8 Å². The summed E-state index contributed by atoms with van der Waals surface area (Å²) in [6, 6.07) is 11.7. The van der Waals surface area contributed by atoms with Crippen molar-refractivity contribution in [2.75, 3.05) is 52.1 Å². The smallest absolute Gasteiger partial charge is 0.410 e. The molecule has 2 aromatic carbocycles. The van der Waals surface area contributed by atoms with E-state index in [0.717, 1.165) is 36.1 Å². The normalized spacial score (nSPS) is 19.1. The molecule has 4 amide bonds. The molecule has 0 spiro atoms. The van der Waals surface area contributed by atoms with Crippen molar-refractivity contribution in [3.63, 3.8) is 0 Å². The molecular weight excluding hydrogens is 682 g/mol. The third-order valence-electron chi connectivity index (χ3n) is 8.83. The number of amides is 4. The van der Waals surface area contributed by atoms with Crippen molar-refractivity contribution in [1.82, 2.24) is 19.6 Å². The number of carbonyl (C=O) groups is 3. The van der Waals surface area contributed by atoms with E-state index in [2.05, 4.69) is 56.2 Å². The Kier molecular flexibility index (Phi) is 10.2. The first-order valence-corrected chi connectivity index (χ1v) is 16.4. The minimum Gasteiger partial charge on any atom is -0.506 e. The molecule has 0 saturated carbocycles. The number of fused-ring (bicyclic) bond motifs is 1. The fourth-order valence-electron chi connectivity index (χ4n) is 6.23. The van der Waals surface area contributed by atoms with Crippen LogP contribution in [0, 0.1) is 0 Å². The molecule has 2 saturated heterocycles. The first-order valence-electron chi connectivity index (χ1n) is 14.8. The fourth-order valence-corrected chi connectivity index (χ4v) is 7.51. The van der Waals surface area contributed by atoms with Crippen LogP contribution >= 0.6 is 31.9 Å². The number of nitrogens with zero attached hydrogens (tertiary/aromatic N) is 4. The number of urea groups is 1. The summed E-state index contributed by atoms with van der Waals surface area (Å²) in [5, 5.41) is 13.2. The second-order valence-corrected chi connectivity index (χ2v) is 13.5. The van der Waals surface area contributed by atoms with Gasteiger partial charge < -0.3 is 34.8 Å². The Morgan fingerprint density at radius 3 is 2.28 bits per heavy atom. The van der Waals surface area contributed by atoms with Gasteiger partial charge in [-0.15, -0.1) is 0 Å². The van der Waals surface area contributed by atoms with E-state index in [0.29, 0.717) is 60.6 Å². The molecule has 2 N–H and O–H groups in total. The minimum absolute atomic E-state index is 0.0143. The highest BCUT2D eigenvalue weighted by molar-refractivity contribution is 9.11. The van der Waals surface area contributed by atoms with E-state index < -0.39 is 12.2 Å². The predicted octanol–water partition coefficient (Wildman–Crippen LogP) is 5.07. The van der Waals surface area contributed by atoms with Gasteiger partial charge in [-0.25, -0.2) is 9.59 Å². The number of nitrogens with one attached hydrogen (secondary N) is 1. The molecule has 232 valence electrons. The Hall–Kier alpha value is -2.83. The zero-order valence-electron chi connectivity index (χ0n) is 24.6. The van der Waals surface area contributed by atoms with Crippen molar-refractivity contribution in [2.45, 2.75) is 56.7 Å². The molecule has 2 aromatic rings. The molecule has 3 heterocycles. The highest BCUT2D eigenvalue weighted by Crippen LogP contribution is 2.34. The number of ether oxygens (including phenoxy) is 1. The molecular formula is C31H39Br2N5O5. The van der Waals surface area contributed by atoms with Crippen molar-refractivity contribution < 1.29 is 24.2 Å². The number of hydrogen-bond donors (Lipinski definition) is 2. The quantitative estimate of drug-likeness (QED) is 0.432. The van der Waals surface area contributed by atoms with Crippen molar-refractivity contribution in [2.24, 2.45) is 0 Å². The molecule has 0 bridgehead atoms. The van der Waals surface area contributed by atoms with Crippen LogP contribution in [0.15, 0.2) is 45.3 Å². The highest BCUT2D eigenvalue weighted by atomic mass is 79.9. The van der Waals surface area contributed by atoms with Gasteiger partial charge in [0.1, 0.15) is 5.75 Å². The highest BCUT2D eigenvalue weighted by Gasteiger charge is 2.35. The molecule has 5 rings (SSSR count). The van der Waals surface area contributed by atoms with E-state index >= 15 is 0 Å². The van der Waals surface area contributed by atoms with Gasteiger partial charge in [0.05, 0.1) is 8.95 Å². The minimum atomic E-state index is -1.00. The lowest BCUT2D eigenvalue weighted by atomic mass is 10.0. The van der Waals surface area contributed by atoms with Gasteiger partial charge in [-0.3, -0.25) is 4.79 Å². The van der Waals surface area contributed by atoms with Crippen LogP contribution in [0.2, 0.25) is 0 Å². The summed E-state index contributed by atoms with van der Waals surface area (Å²) in [6.07, 6.45) is 2.41. The predicted molar refractivity (Wildman–Crippen MR) is 171 cm³/mol. The third kappa shape index (κ3) is 7.46. The maximum absolute atomic E-state index is 13.7. The number of rotatable bonds is 6. The maximum Gasteiger partial charge on any atom is 0.410 e. The van der Waals surface area contributed by atoms with Crippen LogP contribution in [0.3, 0.4) is 0 Å². The van der Waals surface area contributed by atoms with Gasteiger partial charge in [-0.2, -0.15) is 0 Å². The van der Waals surface area contributed by atoms with Crippen molar-refractivity contribution in [3.8, 4) is 5.75 Å². The lowest BCUT2D eigenvalue weighted by molar-refractivity contribution is -0.142. The third-order valence-corrected chi connectivity index (χ3v) is 10.0. The standard InChI is InChI=1S/C31H39Br2N5O5/c1-35(2)22-8-12-36(13-9-22)29(40)27(19-20-17-24(32)28(39)25(33)18-20)43-31(42)37-14-10-23(11-15-37)38-16-7-21-5-3-4-6-26(21)34-30(38)41/h3-6,17-18,22-23,27,39H,7-16,19H2,1-2H3,(H,34,41). The summed E-state index contributed by atoms with van der Waals surface area (Å²) in [7, 11) is 4.10. The number of benzene rings is 2. The molecule has 3 aliphatic heterocycles. The van der Waals surface area contributed by atoms with Gasteiger partial charge in [0, 0.05) is 56.9 Å². The van der Waals surface area contributed by atoms with Crippen LogP contribution < -0.4 is 5.32 Å². The average molecular weight is 721 g/mol. The average Bonchev–Trinajstić information content (AvgIpc) is 3.17. The van der Waals surface area contributed by atoms with E-state index in [9.17, 15) is 19.5 Å². The van der Waals surface area contributed by atoms with Crippen LogP contribution in [-0.2, 0) is 22.4 Å². The number of halogens is 2. The van der Waals surface area contributed by atoms with Gasteiger partial charge in [-0.1, -0.05) is 18.2 Å². The lowest BCUT2D eigenvalue weighted by Crippen LogP contribution is -2.52. The van der Waals surface area contributed by atoms with Gasteiger partial charge in [0.2, 0.25) is 0 Å². The molecule has 3 aliphatic rings. The molecule has 1 unspecified atom stereocenters. The van der Waals surface area contributed by atoms with Crippen LogP contribution in [0.5, 0.6) is 5.75 Å². The lowest BCUT2D eigenvalue weighted by Gasteiger charge is -2.38. The molecule has 0 aliphatic carbocycles. The Bertz CT molecular complexity index is 1320. The maximum atomic E-state index is 13.7. The summed E-state index contributed by atoms with van der Waals surface area (Å²) in [4.78, 5) is 47.7. The number of hydrogen-bond acceptors (Lipinski definition) is 6. The number of likely N-dealkylation sites (tertiary alicyclic amines) is 2. The van der Waals surface area contributed by atoms with Crippen LogP contribution in [-0.4, -0.2) is 108 Å². The van der Waals surface area contributed by atoms with Gasteiger partial charge >= 0.3 is 12.1 Å². The zero-order valence-corrected chi connectivity index (χ0v) is 27.8. The molecule has 0 radical (unpaired) electrons. The molecule has 12 heteroatoms. The van der Waals surface area contributed by atoms with Crippen molar-refractivity contribution >= 4 is 55.6 Å². The van der Waals surface area contributed by atoms with Crippen LogP contribution in [0.4, 0.5) is 15.3 Å². The second kappa shape index (κ2) is 13.9. The number of aromatic hydroxyl groups is 1. The Labute approximate surface area is 269 Å². The number of phenols is 1. The van der Waals surface area contributed by atoms with Gasteiger partial charge in [0.25, 0.3) is 5.91 Å². The van der Waals surface area contributed by atoms with Crippen molar-refractivity contribution in [3.05, 3.63) is 56.5 Å². The number of para-hydroxylation sites is 1. The molecule has 2 fully saturated rings. The number of carbonyl (C=O) groups excluding carboxylic acids is 3. The largest absolute Gasteiger partial charge is 0.506 e. The van der Waals surface area contributed by atoms with Gasteiger partial charge in [0.15, 0.2) is 6.10 Å². The first-order chi connectivity index (χ1) is 20.6. The Morgan fingerprint density at radius 1 is 1.00 bits per heavy atom. The molecule has 43 heavy (non-hydrogen) atoms. The van der Waals surface area contributed by atoms with E-state index in [1.165, 1.54) is 0 Å². The Balaban J connectivity index is 1.23. The van der Waals surface area contributed by atoms with Gasteiger partial charge in [-0.05, 0) is 107 Å². The zero-order chi connectivity index (χ0) is 30.7. The number of piperidine rings is 2. The monoisotopic (exact) mass is 719 g/mol. The summed E-state index contributed by atoms with van der Waals surface area (Å²) in [5.74, 6) is -0.138. The number of phenolic OH excluding ortho intramolecular Hbond substituents is 1. The SMILES string of the molecule is CN(C)C1CCN(C(=O)C(Cc2cc(Br)c(O)c(Br)c2)OC(=O)N2CCC(N3CCc4ccccc4NC3=O)CC2)CC1. The van der Waals surface area contributed by atoms with E-state index in [-0.39, 0.29) is 30.2 Å². The van der Waals surface area contributed by atoms with E-state index in [1.807, 2.05) is 29.2 Å². The van der Waals surface area contributed by atoms with Crippen LogP contribution in [0.25, 0.3) is 0 Å². The summed E-state index contributed by atoms with van der Waals surface area (Å²) in [5.41, 5.74) is 2.72. The summed E-state index contributed by atoms with van der Waals surface area (Å²) >= 11 is 6.72.